The Bertz CT molecular complexity index is 321. The van der Waals surface area contributed by atoms with Crippen molar-refractivity contribution in [2.45, 2.75) is 6.42 Å². The summed E-state index contributed by atoms with van der Waals surface area (Å²) in [6.07, 6.45) is 2.65. The van der Waals surface area contributed by atoms with Gasteiger partial charge in [0.2, 0.25) is 5.91 Å². The number of amides is 1. The van der Waals surface area contributed by atoms with E-state index in [1.165, 1.54) is 11.5 Å². The lowest BCUT2D eigenvalue weighted by atomic mass is 10.4. The number of anilines is 1. The SMILES string of the molecule is O=C(CN1CCCNCC1)Nc1cnns1. The first-order chi connectivity index (χ1) is 7.84. The van der Waals surface area contributed by atoms with Gasteiger partial charge in [-0.2, -0.15) is 0 Å². The van der Waals surface area contributed by atoms with Crippen LogP contribution in [0.3, 0.4) is 0 Å². The molecule has 2 heterocycles. The van der Waals surface area contributed by atoms with E-state index in [2.05, 4.69) is 25.1 Å². The van der Waals surface area contributed by atoms with Crippen LogP contribution in [0.25, 0.3) is 0 Å². The van der Waals surface area contributed by atoms with Crippen molar-refractivity contribution in [3.63, 3.8) is 0 Å². The quantitative estimate of drug-likeness (QED) is 0.765. The summed E-state index contributed by atoms with van der Waals surface area (Å²) in [6, 6.07) is 0. The highest BCUT2D eigenvalue weighted by molar-refractivity contribution is 7.10. The van der Waals surface area contributed by atoms with Gasteiger partial charge in [0.05, 0.1) is 12.7 Å². The minimum atomic E-state index is 0.00736. The van der Waals surface area contributed by atoms with Crippen LogP contribution < -0.4 is 10.6 Å². The molecule has 88 valence electrons. The summed E-state index contributed by atoms with van der Waals surface area (Å²) in [7, 11) is 0. The smallest absolute Gasteiger partial charge is 0.239 e. The summed E-state index contributed by atoms with van der Waals surface area (Å²) >= 11 is 1.19. The molecular formula is C9H15N5OS. The highest BCUT2D eigenvalue weighted by Gasteiger charge is 2.13. The molecule has 1 saturated heterocycles. The Balaban J connectivity index is 1.77. The molecule has 0 unspecified atom stereocenters. The number of hydrogen-bond donors (Lipinski definition) is 2. The second-order valence-electron chi connectivity index (χ2n) is 3.71. The van der Waals surface area contributed by atoms with Gasteiger partial charge < -0.3 is 10.6 Å². The molecule has 1 fully saturated rings. The van der Waals surface area contributed by atoms with Crippen molar-refractivity contribution < 1.29 is 4.79 Å². The average molecular weight is 241 g/mol. The van der Waals surface area contributed by atoms with E-state index in [0.29, 0.717) is 11.5 Å². The summed E-state index contributed by atoms with van der Waals surface area (Å²) in [4.78, 5) is 13.8. The van der Waals surface area contributed by atoms with E-state index in [1.807, 2.05) is 0 Å². The minimum Gasteiger partial charge on any atom is -0.315 e. The molecule has 0 spiro atoms. The standard InChI is InChI=1S/C9H15N5OS/c15-8(12-9-6-11-13-16-9)7-14-4-1-2-10-3-5-14/h6,10H,1-5,7H2,(H,12,15). The molecule has 1 aliphatic rings. The Morgan fingerprint density at radius 2 is 2.50 bits per heavy atom. The maximum absolute atomic E-state index is 11.7. The Morgan fingerprint density at radius 3 is 3.31 bits per heavy atom. The molecule has 0 atom stereocenters. The lowest BCUT2D eigenvalue weighted by molar-refractivity contribution is -0.117. The number of hydrogen-bond acceptors (Lipinski definition) is 6. The van der Waals surface area contributed by atoms with Gasteiger partial charge in [0, 0.05) is 24.6 Å². The van der Waals surface area contributed by atoms with Crippen LogP contribution in [0, 0.1) is 0 Å². The average Bonchev–Trinajstić information content (AvgIpc) is 2.62. The number of carbonyl (C=O) groups excluding carboxylic acids is 1. The molecular weight excluding hydrogens is 226 g/mol. The molecule has 0 aromatic carbocycles. The van der Waals surface area contributed by atoms with Crippen molar-refractivity contribution in [1.82, 2.24) is 19.8 Å². The van der Waals surface area contributed by atoms with E-state index in [1.54, 1.807) is 6.20 Å². The first-order valence-electron chi connectivity index (χ1n) is 5.35. The van der Waals surface area contributed by atoms with E-state index in [-0.39, 0.29) is 5.91 Å². The van der Waals surface area contributed by atoms with Gasteiger partial charge in [-0.3, -0.25) is 9.69 Å². The molecule has 0 saturated carbocycles. The molecule has 0 bridgehead atoms. The van der Waals surface area contributed by atoms with Crippen molar-refractivity contribution in [1.29, 1.82) is 0 Å². The van der Waals surface area contributed by atoms with Crippen LogP contribution in [0.5, 0.6) is 0 Å². The summed E-state index contributed by atoms with van der Waals surface area (Å²) < 4.78 is 3.69. The molecule has 16 heavy (non-hydrogen) atoms. The third-order valence-corrected chi connectivity index (χ3v) is 3.00. The molecule has 0 aliphatic carbocycles. The number of aromatic nitrogens is 2. The highest BCUT2D eigenvalue weighted by atomic mass is 32.1. The Morgan fingerprint density at radius 1 is 1.56 bits per heavy atom. The van der Waals surface area contributed by atoms with E-state index >= 15 is 0 Å². The fraction of sp³-hybridized carbons (Fsp3) is 0.667. The second kappa shape index (κ2) is 5.88. The van der Waals surface area contributed by atoms with E-state index in [0.717, 1.165) is 32.6 Å². The normalized spacial score (nSPS) is 18.0. The summed E-state index contributed by atoms with van der Waals surface area (Å²) in [5.41, 5.74) is 0. The molecule has 1 amide bonds. The van der Waals surface area contributed by atoms with Crippen LogP contribution in [0.15, 0.2) is 6.20 Å². The Hall–Kier alpha value is -1.05. The zero-order valence-electron chi connectivity index (χ0n) is 8.98. The molecule has 1 aromatic rings. The second-order valence-corrected chi connectivity index (χ2v) is 4.50. The van der Waals surface area contributed by atoms with E-state index in [9.17, 15) is 4.79 Å². The van der Waals surface area contributed by atoms with E-state index in [4.69, 9.17) is 0 Å². The van der Waals surface area contributed by atoms with Crippen molar-refractivity contribution in [3.05, 3.63) is 6.20 Å². The van der Waals surface area contributed by atoms with Crippen LogP contribution in [0.4, 0.5) is 5.00 Å². The lowest BCUT2D eigenvalue weighted by Gasteiger charge is -2.17. The molecule has 1 aliphatic heterocycles. The molecule has 0 radical (unpaired) electrons. The van der Waals surface area contributed by atoms with Crippen LogP contribution in [0.2, 0.25) is 0 Å². The van der Waals surface area contributed by atoms with Gasteiger partial charge in [-0.25, -0.2) is 0 Å². The Kier molecular flexibility index (Phi) is 4.20. The predicted molar refractivity (Wildman–Crippen MR) is 62.5 cm³/mol. The third-order valence-electron chi connectivity index (χ3n) is 2.42. The van der Waals surface area contributed by atoms with E-state index < -0.39 is 0 Å². The maximum atomic E-state index is 11.7. The predicted octanol–water partition coefficient (Wildman–Crippen LogP) is -0.228. The maximum Gasteiger partial charge on any atom is 0.239 e. The molecule has 1 aromatic heterocycles. The van der Waals surface area contributed by atoms with Gasteiger partial charge in [0.25, 0.3) is 0 Å². The van der Waals surface area contributed by atoms with Gasteiger partial charge in [0.15, 0.2) is 0 Å². The first kappa shape index (κ1) is 11.4. The van der Waals surface area contributed by atoms with Gasteiger partial charge >= 0.3 is 0 Å². The number of nitrogens with one attached hydrogen (secondary N) is 2. The van der Waals surface area contributed by atoms with Gasteiger partial charge in [0.1, 0.15) is 5.00 Å². The fourth-order valence-corrected chi connectivity index (χ4v) is 2.10. The lowest BCUT2D eigenvalue weighted by Crippen LogP contribution is -2.35. The molecule has 6 nitrogen and oxygen atoms in total. The van der Waals surface area contributed by atoms with Gasteiger partial charge in [-0.05, 0) is 19.5 Å². The zero-order chi connectivity index (χ0) is 11.2. The number of rotatable bonds is 3. The summed E-state index contributed by atoms with van der Waals surface area (Å²) in [6.45, 7) is 4.33. The summed E-state index contributed by atoms with van der Waals surface area (Å²) in [5.74, 6) is 0.00736. The topological polar surface area (TPSA) is 70.2 Å². The van der Waals surface area contributed by atoms with Crippen molar-refractivity contribution >= 4 is 22.4 Å². The highest BCUT2D eigenvalue weighted by Crippen LogP contribution is 2.08. The first-order valence-corrected chi connectivity index (χ1v) is 6.12. The van der Waals surface area contributed by atoms with Crippen LogP contribution in [0.1, 0.15) is 6.42 Å². The van der Waals surface area contributed by atoms with Crippen LogP contribution >= 0.6 is 11.5 Å². The van der Waals surface area contributed by atoms with Gasteiger partial charge in [-0.15, -0.1) is 5.10 Å². The van der Waals surface area contributed by atoms with Crippen molar-refractivity contribution in [3.8, 4) is 0 Å². The summed E-state index contributed by atoms with van der Waals surface area (Å²) in [5, 5.41) is 10.5. The zero-order valence-corrected chi connectivity index (χ0v) is 9.79. The van der Waals surface area contributed by atoms with Crippen LogP contribution in [-0.4, -0.2) is 53.1 Å². The van der Waals surface area contributed by atoms with Crippen LogP contribution in [-0.2, 0) is 4.79 Å². The molecule has 2 N–H and O–H groups in total. The fourth-order valence-electron chi connectivity index (χ4n) is 1.66. The number of carbonyl (C=O) groups is 1. The largest absolute Gasteiger partial charge is 0.315 e. The monoisotopic (exact) mass is 241 g/mol. The molecule has 7 heteroatoms. The number of nitrogens with zero attached hydrogens (tertiary/aromatic N) is 3. The Labute approximate surface area is 98.2 Å². The molecule has 2 rings (SSSR count). The van der Waals surface area contributed by atoms with Crippen molar-refractivity contribution in [2.75, 3.05) is 38.0 Å². The van der Waals surface area contributed by atoms with Crippen molar-refractivity contribution in [2.24, 2.45) is 0 Å². The third kappa shape index (κ3) is 3.51. The van der Waals surface area contributed by atoms with Gasteiger partial charge in [-0.1, -0.05) is 4.49 Å². The minimum absolute atomic E-state index is 0.00736.